The fourth-order valence-corrected chi connectivity index (χ4v) is 3.68. The fourth-order valence-electron chi connectivity index (χ4n) is 3.68. The Labute approximate surface area is 148 Å². The Balaban J connectivity index is 1.75. The van der Waals surface area contributed by atoms with Crippen LogP contribution in [0.5, 0.6) is 5.75 Å². The van der Waals surface area contributed by atoms with Crippen LogP contribution in [0.15, 0.2) is 24.3 Å². The Bertz CT molecular complexity index is 608. The maximum Gasteiger partial charge on any atom is 0.252 e. The molecule has 1 aromatic rings. The first-order valence-electron chi connectivity index (χ1n) is 9.13. The van der Waals surface area contributed by atoms with Crippen LogP contribution in [0.1, 0.15) is 36.0 Å². The summed E-state index contributed by atoms with van der Waals surface area (Å²) in [7, 11) is 1.58. The molecule has 0 radical (unpaired) electrons. The number of hydrogen-bond donors (Lipinski definition) is 2. The molecule has 0 aliphatic carbocycles. The highest BCUT2D eigenvalue weighted by molar-refractivity contribution is 5.98. The number of nitrogens with zero attached hydrogens (tertiary/aromatic N) is 1. The zero-order valence-corrected chi connectivity index (χ0v) is 14.8. The number of benzene rings is 1. The zero-order valence-electron chi connectivity index (χ0n) is 14.8. The second-order valence-electron chi connectivity index (χ2n) is 6.80. The number of ether oxygens (including phenoxy) is 1. The molecule has 1 unspecified atom stereocenters. The van der Waals surface area contributed by atoms with Crippen LogP contribution in [0, 0.1) is 5.92 Å². The third-order valence-electron chi connectivity index (χ3n) is 5.16. The van der Waals surface area contributed by atoms with E-state index in [4.69, 9.17) is 4.74 Å². The smallest absolute Gasteiger partial charge is 0.252 e. The first kappa shape index (κ1) is 17.7. The van der Waals surface area contributed by atoms with Crippen molar-refractivity contribution in [3.05, 3.63) is 29.8 Å². The molecule has 25 heavy (non-hydrogen) atoms. The first-order valence-corrected chi connectivity index (χ1v) is 9.13. The van der Waals surface area contributed by atoms with Gasteiger partial charge in [0.2, 0.25) is 5.91 Å². The highest BCUT2D eigenvalue weighted by Crippen LogP contribution is 2.21. The van der Waals surface area contributed by atoms with Crippen molar-refractivity contribution in [2.75, 3.05) is 33.3 Å². The van der Waals surface area contributed by atoms with E-state index in [1.165, 1.54) is 0 Å². The first-order chi connectivity index (χ1) is 12.2. The van der Waals surface area contributed by atoms with Gasteiger partial charge in [-0.2, -0.15) is 0 Å². The van der Waals surface area contributed by atoms with Crippen molar-refractivity contribution >= 4 is 11.8 Å². The fraction of sp³-hybridized carbons (Fsp3) is 0.579. The molecule has 1 atom stereocenters. The number of rotatable bonds is 5. The molecule has 2 aliphatic heterocycles. The summed E-state index contributed by atoms with van der Waals surface area (Å²) in [5, 5.41) is 6.34. The number of carbonyl (C=O) groups excluding carboxylic acids is 2. The average molecular weight is 345 g/mol. The molecule has 2 amide bonds. The topological polar surface area (TPSA) is 70.7 Å². The number of likely N-dealkylation sites (tertiary alicyclic amines) is 1. The van der Waals surface area contributed by atoms with Crippen LogP contribution in [0.2, 0.25) is 0 Å². The molecule has 0 spiro atoms. The SMILES string of the molecule is COc1cccc(C(=O)NC(C(=O)N2CCCC2)C2CCNCC2)c1. The van der Waals surface area contributed by atoms with Gasteiger partial charge in [-0.05, 0) is 62.9 Å². The molecule has 6 heteroatoms. The molecule has 2 heterocycles. The average Bonchev–Trinajstić information content (AvgIpc) is 3.21. The summed E-state index contributed by atoms with van der Waals surface area (Å²) in [6, 6.07) is 6.60. The van der Waals surface area contributed by atoms with Gasteiger partial charge in [0, 0.05) is 18.7 Å². The lowest BCUT2D eigenvalue weighted by atomic mass is 9.89. The predicted octanol–water partition coefficient (Wildman–Crippen LogP) is 1.42. The van der Waals surface area contributed by atoms with Crippen LogP contribution in [-0.2, 0) is 4.79 Å². The van der Waals surface area contributed by atoms with Crippen LogP contribution < -0.4 is 15.4 Å². The van der Waals surface area contributed by atoms with Crippen molar-refractivity contribution in [1.29, 1.82) is 0 Å². The van der Waals surface area contributed by atoms with Crippen molar-refractivity contribution in [2.24, 2.45) is 5.92 Å². The molecular weight excluding hydrogens is 318 g/mol. The van der Waals surface area contributed by atoms with Crippen LogP contribution in [0.25, 0.3) is 0 Å². The van der Waals surface area contributed by atoms with E-state index in [0.717, 1.165) is 51.9 Å². The molecule has 2 saturated heterocycles. The van der Waals surface area contributed by atoms with E-state index >= 15 is 0 Å². The molecular formula is C19H27N3O3. The van der Waals surface area contributed by atoms with Gasteiger partial charge >= 0.3 is 0 Å². The van der Waals surface area contributed by atoms with Crippen molar-refractivity contribution in [3.63, 3.8) is 0 Å². The minimum absolute atomic E-state index is 0.0700. The summed E-state index contributed by atoms with van der Waals surface area (Å²) < 4.78 is 5.19. The minimum atomic E-state index is -0.445. The lowest BCUT2D eigenvalue weighted by Crippen LogP contribution is -2.53. The highest BCUT2D eigenvalue weighted by atomic mass is 16.5. The van der Waals surface area contributed by atoms with Gasteiger partial charge in [0.05, 0.1) is 7.11 Å². The standard InChI is InChI=1S/C19H27N3O3/c1-25-16-6-4-5-15(13-16)18(23)21-17(14-7-9-20-10-8-14)19(24)22-11-2-3-12-22/h4-6,13-14,17,20H,2-3,7-12H2,1H3,(H,21,23). The van der Waals surface area contributed by atoms with E-state index in [1.54, 1.807) is 31.4 Å². The maximum absolute atomic E-state index is 13.0. The van der Waals surface area contributed by atoms with Crippen LogP contribution in [0.4, 0.5) is 0 Å². The molecule has 136 valence electrons. The Morgan fingerprint density at radius 2 is 1.96 bits per heavy atom. The molecule has 2 aliphatic rings. The lowest BCUT2D eigenvalue weighted by molar-refractivity contribution is -0.133. The van der Waals surface area contributed by atoms with Gasteiger partial charge < -0.3 is 20.3 Å². The third kappa shape index (κ3) is 4.31. The van der Waals surface area contributed by atoms with Crippen LogP contribution in [0.3, 0.4) is 0 Å². The summed E-state index contributed by atoms with van der Waals surface area (Å²) in [5.41, 5.74) is 0.521. The summed E-state index contributed by atoms with van der Waals surface area (Å²) in [6.07, 6.45) is 3.91. The van der Waals surface area contributed by atoms with E-state index in [-0.39, 0.29) is 17.7 Å². The van der Waals surface area contributed by atoms with Gasteiger partial charge in [0.1, 0.15) is 11.8 Å². The zero-order chi connectivity index (χ0) is 17.6. The Hall–Kier alpha value is -2.08. The molecule has 2 N–H and O–H groups in total. The Kier molecular flexibility index (Phi) is 5.91. The van der Waals surface area contributed by atoms with Gasteiger partial charge in [-0.25, -0.2) is 0 Å². The summed E-state index contributed by atoms with van der Waals surface area (Å²) in [5.74, 6) is 0.677. The van der Waals surface area contributed by atoms with E-state index in [2.05, 4.69) is 10.6 Å². The second-order valence-corrected chi connectivity index (χ2v) is 6.80. The number of piperidine rings is 1. The van der Waals surface area contributed by atoms with Crippen molar-refractivity contribution in [2.45, 2.75) is 31.7 Å². The molecule has 3 rings (SSSR count). The molecule has 6 nitrogen and oxygen atoms in total. The minimum Gasteiger partial charge on any atom is -0.497 e. The van der Waals surface area contributed by atoms with Crippen LogP contribution in [-0.4, -0.2) is 56.0 Å². The largest absolute Gasteiger partial charge is 0.497 e. The summed E-state index contributed by atoms with van der Waals surface area (Å²) >= 11 is 0. The van der Waals surface area contributed by atoms with Crippen molar-refractivity contribution in [1.82, 2.24) is 15.5 Å². The van der Waals surface area contributed by atoms with Crippen LogP contribution >= 0.6 is 0 Å². The number of amides is 2. The molecule has 0 saturated carbocycles. The second kappa shape index (κ2) is 8.34. The van der Waals surface area contributed by atoms with Gasteiger partial charge in [-0.1, -0.05) is 6.07 Å². The number of hydrogen-bond acceptors (Lipinski definition) is 4. The molecule has 1 aromatic carbocycles. The van der Waals surface area contributed by atoms with Gasteiger partial charge in [0.25, 0.3) is 5.91 Å². The monoisotopic (exact) mass is 345 g/mol. The summed E-state index contributed by atoms with van der Waals surface area (Å²) in [6.45, 7) is 3.39. The number of methoxy groups -OCH3 is 1. The van der Waals surface area contributed by atoms with E-state index < -0.39 is 6.04 Å². The Morgan fingerprint density at radius 3 is 2.64 bits per heavy atom. The van der Waals surface area contributed by atoms with E-state index in [1.807, 2.05) is 4.90 Å². The predicted molar refractivity (Wildman–Crippen MR) is 95.7 cm³/mol. The van der Waals surface area contributed by atoms with Crippen molar-refractivity contribution in [3.8, 4) is 5.75 Å². The van der Waals surface area contributed by atoms with Crippen molar-refractivity contribution < 1.29 is 14.3 Å². The normalized spacial score (nSPS) is 19.5. The van der Waals surface area contributed by atoms with E-state index in [0.29, 0.717) is 11.3 Å². The lowest BCUT2D eigenvalue weighted by Gasteiger charge is -2.33. The maximum atomic E-state index is 13.0. The Morgan fingerprint density at radius 1 is 1.24 bits per heavy atom. The number of carbonyl (C=O) groups is 2. The van der Waals surface area contributed by atoms with E-state index in [9.17, 15) is 9.59 Å². The summed E-state index contributed by atoms with van der Waals surface area (Å²) in [4.78, 5) is 27.6. The highest BCUT2D eigenvalue weighted by Gasteiger charge is 2.34. The van der Waals surface area contributed by atoms with Gasteiger partial charge in [0.15, 0.2) is 0 Å². The molecule has 0 bridgehead atoms. The number of nitrogens with one attached hydrogen (secondary N) is 2. The third-order valence-corrected chi connectivity index (χ3v) is 5.16. The molecule has 2 fully saturated rings. The van der Waals surface area contributed by atoms with Gasteiger partial charge in [-0.3, -0.25) is 9.59 Å². The van der Waals surface area contributed by atoms with Gasteiger partial charge in [-0.15, -0.1) is 0 Å². The molecule has 0 aromatic heterocycles. The quantitative estimate of drug-likeness (QED) is 0.847.